The van der Waals surface area contributed by atoms with E-state index in [0.29, 0.717) is 12.8 Å². The molecule has 0 bridgehead atoms. The summed E-state index contributed by atoms with van der Waals surface area (Å²) < 4.78 is 0. The van der Waals surface area contributed by atoms with Gasteiger partial charge in [0.25, 0.3) is 5.91 Å². The summed E-state index contributed by atoms with van der Waals surface area (Å²) in [5, 5.41) is 14.3. The number of carbonyl (C=O) groups excluding carboxylic acids is 3. The number of imide groups is 1. The first-order chi connectivity index (χ1) is 9.75. The summed E-state index contributed by atoms with van der Waals surface area (Å²) in [4.78, 5) is 36.9. The molecule has 2 unspecified atom stereocenters. The maximum Gasteiger partial charge on any atom is 0.325 e. The monoisotopic (exact) mass is 299 g/mol. The van der Waals surface area contributed by atoms with E-state index in [1.165, 1.54) is 0 Å². The van der Waals surface area contributed by atoms with Crippen LogP contribution in [0.15, 0.2) is 0 Å². The third-order valence-corrected chi connectivity index (χ3v) is 3.95. The van der Waals surface area contributed by atoms with Crippen LogP contribution in [0.2, 0.25) is 0 Å². The number of aliphatic hydroxyl groups is 1. The molecule has 3 N–H and O–H groups in total. The van der Waals surface area contributed by atoms with Crippen LogP contribution >= 0.6 is 0 Å². The molecule has 1 aliphatic heterocycles. The van der Waals surface area contributed by atoms with Crippen molar-refractivity contribution in [3.8, 4) is 0 Å². The number of amides is 4. The lowest BCUT2D eigenvalue weighted by atomic mass is 9.99. The molecule has 7 heteroatoms. The SMILES string of the molecule is CCC1(C)NC(=O)N(CC(=O)NC(CCO)C(C)C)C1=O. The maximum atomic E-state index is 12.2. The summed E-state index contributed by atoms with van der Waals surface area (Å²) >= 11 is 0. The normalized spacial score (nSPS) is 23.4. The van der Waals surface area contributed by atoms with Gasteiger partial charge in [0, 0.05) is 12.6 Å². The predicted molar refractivity (Wildman–Crippen MR) is 77.4 cm³/mol. The molecule has 4 amide bonds. The van der Waals surface area contributed by atoms with Crippen LogP contribution in [0.5, 0.6) is 0 Å². The van der Waals surface area contributed by atoms with E-state index in [1.54, 1.807) is 13.8 Å². The second-order valence-electron chi connectivity index (χ2n) is 5.94. The molecule has 0 aromatic rings. The predicted octanol–water partition coefficient (Wildman–Crippen LogP) is 0.230. The van der Waals surface area contributed by atoms with Crippen molar-refractivity contribution in [2.24, 2.45) is 5.92 Å². The average molecular weight is 299 g/mol. The van der Waals surface area contributed by atoms with E-state index in [-0.39, 0.29) is 31.0 Å². The van der Waals surface area contributed by atoms with Crippen molar-refractivity contribution >= 4 is 17.8 Å². The van der Waals surface area contributed by atoms with E-state index in [4.69, 9.17) is 5.11 Å². The van der Waals surface area contributed by atoms with E-state index >= 15 is 0 Å². The zero-order chi connectivity index (χ0) is 16.2. The van der Waals surface area contributed by atoms with E-state index < -0.39 is 17.5 Å². The van der Waals surface area contributed by atoms with Crippen molar-refractivity contribution < 1.29 is 19.5 Å². The first kappa shape index (κ1) is 17.4. The van der Waals surface area contributed by atoms with Gasteiger partial charge in [0.15, 0.2) is 0 Å². The Labute approximate surface area is 125 Å². The lowest BCUT2D eigenvalue weighted by Gasteiger charge is -2.23. The molecule has 0 aliphatic carbocycles. The number of hydrogen-bond acceptors (Lipinski definition) is 4. The highest BCUT2D eigenvalue weighted by Gasteiger charge is 2.47. The smallest absolute Gasteiger partial charge is 0.325 e. The Kier molecular flexibility index (Phi) is 5.71. The minimum Gasteiger partial charge on any atom is -0.396 e. The molecular weight excluding hydrogens is 274 g/mol. The van der Waals surface area contributed by atoms with Gasteiger partial charge in [-0.05, 0) is 25.7 Å². The van der Waals surface area contributed by atoms with Gasteiger partial charge in [-0.15, -0.1) is 0 Å². The quantitative estimate of drug-likeness (QED) is 0.586. The fraction of sp³-hybridized carbons (Fsp3) is 0.786. The van der Waals surface area contributed by atoms with Gasteiger partial charge in [0.1, 0.15) is 12.1 Å². The standard InChI is InChI=1S/C14H25N3O4/c1-5-14(4)12(20)17(13(21)16-14)8-11(19)15-10(6-7-18)9(2)3/h9-10,18H,5-8H2,1-4H3,(H,15,19)(H,16,21). The first-order valence-corrected chi connectivity index (χ1v) is 7.29. The molecule has 0 spiro atoms. The van der Waals surface area contributed by atoms with Gasteiger partial charge < -0.3 is 15.7 Å². The van der Waals surface area contributed by atoms with E-state index in [2.05, 4.69) is 10.6 Å². The Balaban J connectivity index is 2.66. The van der Waals surface area contributed by atoms with Gasteiger partial charge in [-0.1, -0.05) is 20.8 Å². The van der Waals surface area contributed by atoms with Crippen molar-refractivity contribution in [2.45, 2.75) is 52.1 Å². The molecule has 1 aliphatic rings. The number of rotatable bonds is 7. The fourth-order valence-electron chi connectivity index (χ4n) is 2.24. The highest BCUT2D eigenvalue weighted by atomic mass is 16.3. The highest BCUT2D eigenvalue weighted by Crippen LogP contribution is 2.20. The van der Waals surface area contributed by atoms with Crippen LogP contribution in [0.4, 0.5) is 4.79 Å². The van der Waals surface area contributed by atoms with Crippen LogP contribution in [-0.2, 0) is 9.59 Å². The molecule has 1 rings (SSSR count). The minimum absolute atomic E-state index is 0.0276. The third-order valence-electron chi connectivity index (χ3n) is 3.95. The van der Waals surface area contributed by atoms with Gasteiger partial charge in [-0.3, -0.25) is 14.5 Å². The lowest BCUT2D eigenvalue weighted by Crippen LogP contribution is -2.47. The molecule has 1 heterocycles. The van der Waals surface area contributed by atoms with Crippen molar-refractivity contribution in [2.75, 3.05) is 13.2 Å². The van der Waals surface area contributed by atoms with Crippen LogP contribution in [0.3, 0.4) is 0 Å². The zero-order valence-electron chi connectivity index (χ0n) is 13.1. The molecule has 1 saturated heterocycles. The van der Waals surface area contributed by atoms with Crippen LogP contribution in [0.1, 0.15) is 40.5 Å². The second kappa shape index (κ2) is 6.89. The number of carbonyl (C=O) groups is 3. The Morgan fingerprint density at radius 3 is 2.48 bits per heavy atom. The van der Waals surface area contributed by atoms with Gasteiger partial charge >= 0.3 is 6.03 Å². The van der Waals surface area contributed by atoms with Gasteiger partial charge in [-0.2, -0.15) is 0 Å². The number of nitrogens with one attached hydrogen (secondary N) is 2. The van der Waals surface area contributed by atoms with Crippen LogP contribution < -0.4 is 10.6 Å². The van der Waals surface area contributed by atoms with Crippen molar-refractivity contribution in [1.29, 1.82) is 0 Å². The van der Waals surface area contributed by atoms with Crippen LogP contribution in [0.25, 0.3) is 0 Å². The summed E-state index contributed by atoms with van der Waals surface area (Å²) in [5.41, 5.74) is -0.931. The van der Waals surface area contributed by atoms with Crippen LogP contribution in [0, 0.1) is 5.92 Å². The number of hydrogen-bond donors (Lipinski definition) is 3. The van der Waals surface area contributed by atoms with E-state index in [1.807, 2.05) is 13.8 Å². The average Bonchev–Trinajstić information content (AvgIpc) is 2.62. The molecule has 0 saturated carbocycles. The zero-order valence-corrected chi connectivity index (χ0v) is 13.1. The molecule has 21 heavy (non-hydrogen) atoms. The minimum atomic E-state index is -0.931. The molecule has 0 aromatic carbocycles. The van der Waals surface area contributed by atoms with Gasteiger partial charge in [0.2, 0.25) is 5.91 Å². The van der Waals surface area contributed by atoms with Crippen LogP contribution in [-0.4, -0.2) is 52.6 Å². The molecular formula is C14H25N3O4. The lowest BCUT2D eigenvalue weighted by molar-refractivity contribution is -0.135. The Morgan fingerprint density at radius 1 is 1.43 bits per heavy atom. The third kappa shape index (κ3) is 3.93. The Bertz CT molecular complexity index is 424. The highest BCUT2D eigenvalue weighted by molar-refractivity contribution is 6.08. The topological polar surface area (TPSA) is 98.7 Å². The largest absolute Gasteiger partial charge is 0.396 e. The summed E-state index contributed by atoms with van der Waals surface area (Å²) in [7, 11) is 0. The number of urea groups is 1. The molecule has 1 fully saturated rings. The molecule has 120 valence electrons. The summed E-state index contributed by atoms with van der Waals surface area (Å²) in [5.74, 6) is -0.621. The van der Waals surface area contributed by atoms with Crippen molar-refractivity contribution in [1.82, 2.24) is 15.5 Å². The fourth-order valence-corrected chi connectivity index (χ4v) is 2.24. The number of aliphatic hydroxyl groups excluding tert-OH is 1. The van der Waals surface area contributed by atoms with Gasteiger partial charge in [0.05, 0.1) is 0 Å². The number of nitrogens with zero attached hydrogens (tertiary/aromatic N) is 1. The summed E-state index contributed by atoms with van der Waals surface area (Å²) in [6.07, 6.45) is 0.908. The molecule has 0 aromatic heterocycles. The second-order valence-corrected chi connectivity index (χ2v) is 5.94. The first-order valence-electron chi connectivity index (χ1n) is 7.29. The Hall–Kier alpha value is -1.63. The molecule has 2 atom stereocenters. The van der Waals surface area contributed by atoms with Gasteiger partial charge in [-0.25, -0.2) is 4.79 Å². The summed E-state index contributed by atoms with van der Waals surface area (Å²) in [6, 6.07) is -0.719. The Morgan fingerprint density at radius 2 is 2.05 bits per heavy atom. The summed E-state index contributed by atoms with van der Waals surface area (Å²) in [6.45, 7) is 6.99. The van der Waals surface area contributed by atoms with E-state index in [0.717, 1.165) is 4.90 Å². The van der Waals surface area contributed by atoms with E-state index in [9.17, 15) is 14.4 Å². The van der Waals surface area contributed by atoms with Crippen molar-refractivity contribution in [3.05, 3.63) is 0 Å². The molecule has 7 nitrogen and oxygen atoms in total. The van der Waals surface area contributed by atoms with Crippen molar-refractivity contribution in [3.63, 3.8) is 0 Å². The maximum absolute atomic E-state index is 12.2. The molecule has 0 radical (unpaired) electrons.